The van der Waals surface area contributed by atoms with Crippen LogP contribution in [0.5, 0.6) is 0 Å². The maximum atomic E-state index is 12.0. The molecule has 0 aliphatic rings. The lowest BCUT2D eigenvalue weighted by atomic mass is 10.2. The number of hydrogen-bond acceptors (Lipinski definition) is 2. The maximum absolute atomic E-state index is 12.0. The summed E-state index contributed by atoms with van der Waals surface area (Å²) in [5.41, 5.74) is 1.13. The van der Waals surface area contributed by atoms with Gasteiger partial charge in [0.1, 0.15) is 0 Å². The van der Waals surface area contributed by atoms with Gasteiger partial charge in [0.05, 0.1) is 18.7 Å². The van der Waals surface area contributed by atoms with Gasteiger partial charge in [0.25, 0.3) is 0 Å². The molecule has 0 unspecified atom stereocenters. The molecule has 4 heteroatoms. The van der Waals surface area contributed by atoms with Crippen molar-refractivity contribution in [2.75, 3.05) is 5.75 Å². The summed E-state index contributed by atoms with van der Waals surface area (Å²) in [7, 11) is -4.71. The summed E-state index contributed by atoms with van der Waals surface area (Å²) in [5.74, 6) is 0.174. The number of benzene rings is 1. The van der Waals surface area contributed by atoms with Gasteiger partial charge in [-0.2, -0.15) is 0 Å². The summed E-state index contributed by atoms with van der Waals surface area (Å²) in [6, 6.07) is 5.68. The molecule has 0 aliphatic carbocycles. The lowest BCUT2D eigenvalue weighted by Gasteiger charge is -2.21. The Morgan fingerprint density at radius 3 is 2.19 bits per heavy atom. The summed E-state index contributed by atoms with van der Waals surface area (Å²) in [5, 5.41) is 1.05. The smallest absolute Gasteiger partial charge is 0.177 e. The molecule has 0 atom stereocenters. The third-order valence-corrected chi connectivity index (χ3v) is 6.66. The van der Waals surface area contributed by atoms with E-state index in [2.05, 4.69) is 19.6 Å². The first-order valence-electron chi connectivity index (χ1n) is 5.52. The van der Waals surface area contributed by atoms with Crippen molar-refractivity contribution in [3.8, 4) is 0 Å². The fraction of sp³-hybridized carbons (Fsp3) is 0.500. The van der Waals surface area contributed by atoms with Crippen LogP contribution in [0.15, 0.2) is 23.1 Å². The van der Waals surface area contributed by atoms with Crippen LogP contribution < -0.4 is 5.19 Å². The fourth-order valence-electron chi connectivity index (χ4n) is 1.66. The Balaban J connectivity index is 3.53. The summed E-state index contributed by atoms with van der Waals surface area (Å²) >= 11 is 0. The van der Waals surface area contributed by atoms with Crippen molar-refractivity contribution in [3.05, 3.63) is 23.8 Å². The molecule has 0 spiro atoms. The van der Waals surface area contributed by atoms with E-state index in [4.69, 9.17) is 0 Å². The third-order valence-electron chi connectivity index (χ3n) is 2.66. The van der Waals surface area contributed by atoms with Crippen LogP contribution >= 0.6 is 0 Å². The molecule has 0 radical (unpaired) electrons. The van der Waals surface area contributed by atoms with Crippen molar-refractivity contribution in [2.24, 2.45) is 0 Å². The van der Waals surface area contributed by atoms with E-state index < -0.39 is 17.9 Å². The van der Waals surface area contributed by atoms with Gasteiger partial charge in [-0.25, -0.2) is 8.42 Å². The van der Waals surface area contributed by atoms with E-state index in [0.717, 1.165) is 10.8 Å². The van der Waals surface area contributed by atoms with Crippen molar-refractivity contribution in [1.82, 2.24) is 0 Å². The zero-order valence-corrected chi connectivity index (χ0v) is 12.5. The molecule has 16 heavy (non-hydrogen) atoms. The fourth-order valence-corrected chi connectivity index (χ4v) is 5.51. The molecule has 0 heterocycles. The Hall–Kier alpha value is -0.613. The SMILES string of the molecule is CCS(=O)(=O)c1ccc(C)cc1[Si](C)(C)C. The Bertz CT molecular complexity index is 484. The second kappa shape index (κ2) is 4.34. The van der Waals surface area contributed by atoms with Gasteiger partial charge in [-0.15, -0.1) is 0 Å². The van der Waals surface area contributed by atoms with E-state index in [-0.39, 0.29) is 5.75 Å². The Labute approximate surface area is 99.6 Å². The summed E-state index contributed by atoms with van der Waals surface area (Å²) in [4.78, 5) is 0.541. The van der Waals surface area contributed by atoms with Gasteiger partial charge in [-0.3, -0.25) is 0 Å². The Kier molecular flexibility index (Phi) is 3.64. The lowest BCUT2D eigenvalue weighted by molar-refractivity contribution is 0.598. The van der Waals surface area contributed by atoms with Crippen LogP contribution in [0.2, 0.25) is 19.6 Å². The predicted octanol–water partition coefficient (Wildman–Crippen LogP) is 2.33. The third kappa shape index (κ3) is 2.74. The Morgan fingerprint density at radius 1 is 1.19 bits per heavy atom. The highest BCUT2D eigenvalue weighted by Gasteiger charge is 2.25. The standard InChI is InChI=1S/C12H20O2SSi/c1-6-15(13,14)11-8-7-10(2)9-12(11)16(3,4)5/h7-9H,6H2,1-5H3. The topological polar surface area (TPSA) is 34.1 Å². The number of hydrogen-bond donors (Lipinski definition) is 0. The molecule has 0 N–H and O–H groups in total. The zero-order valence-electron chi connectivity index (χ0n) is 10.7. The molecule has 0 saturated heterocycles. The van der Waals surface area contributed by atoms with Crippen LogP contribution in [-0.4, -0.2) is 22.2 Å². The largest absolute Gasteiger partial charge is 0.224 e. The average molecular weight is 256 g/mol. The first-order chi connectivity index (χ1) is 7.18. The van der Waals surface area contributed by atoms with Crippen molar-refractivity contribution in [1.29, 1.82) is 0 Å². The van der Waals surface area contributed by atoms with Gasteiger partial charge in [-0.05, 0) is 18.2 Å². The van der Waals surface area contributed by atoms with Gasteiger partial charge in [0, 0.05) is 0 Å². The van der Waals surface area contributed by atoms with E-state index in [1.165, 1.54) is 0 Å². The molecule has 0 fully saturated rings. The molecular formula is C12H20O2SSi. The molecule has 0 aliphatic heterocycles. The molecule has 0 aromatic heterocycles. The van der Waals surface area contributed by atoms with Crippen molar-refractivity contribution in [3.63, 3.8) is 0 Å². The van der Waals surface area contributed by atoms with Gasteiger partial charge >= 0.3 is 0 Å². The predicted molar refractivity (Wildman–Crippen MR) is 71.9 cm³/mol. The average Bonchev–Trinajstić information content (AvgIpc) is 2.16. The van der Waals surface area contributed by atoms with Crippen molar-refractivity contribution >= 4 is 23.1 Å². The number of rotatable bonds is 3. The monoisotopic (exact) mass is 256 g/mol. The van der Waals surface area contributed by atoms with Gasteiger partial charge in [0.15, 0.2) is 9.84 Å². The molecule has 2 nitrogen and oxygen atoms in total. The van der Waals surface area contributed by atoms with E-state index in [9.17, 15) is 8.42 Å². The number of sulfone groups is 1. The number of aryl methyl sites for hydroxylation is 1. The molecule has 0 amide bonds. The lowest BCUT2D eigenvalue weighted by Crippen LogP contribution is -2.41. The second-order valence-electron chi connectivity index (χ2n) is 5.15. The van der Waals surface area contributed by atoms with Crippen LogP contribution in [0.25, 0.3) is 0 Å². The second-order valence-corrected chi connectivity index (χ2v) is 12.4. The molecule has 1 aromatic carbocycles. The first kappa shape index (κ1) is 13.5. The Morgan fingerprint density at radius 2 is 1.75 bits per heavy atom. The molecular weight excluding hydrogens is 236 g/mol. The van der Waals surface area contributed by atoms with Gasteiger partial charge in [0.2, 0.25) is 0 Å². The first-order valence-corrected chi connectivity index (χ1v) is 10.7. The van der Waals surface area contributed by atoms with Crippen LogP contribution in [0.4, 0.5) is 0 Å². The van der Waals surface area contributed by atoms with Crippen LogP contribution in [0, 0.1) is 6.92 Å². The zero-order chi connectivity index (χ0) is 12.6. The highest BCUT2D eigenvalue weighted by atomic mass is 32.2. The van der Waals surface area contributed by atoms with E-state index in [0.29, 0.717) is 4.90 Å². The van der Waals surface area contributed by atoms with Crippen molar-refractivity contribution < 1.29 is 8.42 Å². The summed E-state index contributed by atoms with van der Waals surface area (Å²) < 4.78 is 24.0. The van der Waals surface area contributed by atoms with Gasteiger partial charge in [-0.1, -0.05) is 44.3 Å². The van der Waals surface area contributed by atoms with Gasteiger partial charge < -0.3 is 0 Å². The molecule has 1 aromatic rings. The van der Waals surface area contributed by atoms with Crippen LogP contribution in [0.1, 0.15) is 12.5 Å². The molecule has 0 saturated carbocycles. The van der Waals surface area contributed by atoms with E-state index in [1.54, 1.807) is 13.0 Å². The summed E-state index contributed by atoms with van der Waals surface area (Å²) in [6.07, 6.45) is 0. The molecule has 0 bridgehead atoms. The minimum Gasteiger partial charge on any atom is -0.224 e. The van der Waals surface area contributed by atoms with E-state index >= 15 is 0 Å². The molecule has 1 rings (SSSR count). The van der Waals surface area contributed by atoms with E-state index in [1.807, 2.05) is 19.1 Å². The summed E-state index contributed by atoms with van der Waals surface area (Å²) in [6.45, 7) is 10.2. The van der Waals surface area contributed by atoms with Crippen molar-refractivity contribution in [2.45, 2.75) is 38.4 Å². The quantitative estimate of drug-likeness (QED) is 0.778. The highest BCUT2D eigenvalue weighted by Crippen LogP contribution is 2.15. The minimum atomic E-state index is -3.09. The minimum absolute atomic E-state index is 0.174. The maximum Gasteiger partial charge on any atom is 0.177 e. The normalized spacial score (nSPS) is 12.8. The van der Waals surface area contributed by atoms with Crippen LogP contribution in [-0.2, 0) is 9.84 Å². The highest BCUT2D eigenvalue weighted by molar-refractivity contribution is 7.91. The molecule has 90 valence electrons. The van der Waals surface area contributed by atoms with Crippen LogP contribution in [0.3, 0.4) is 0 Å².